The Bertz CT molecular complexity index is 344. The first-order valence-electron chi connectivity index (χ1n) is 10.2. The van der Waals surface area contributed by atoms with Crippen LogP contribution in [0.5, 0.6) is 0 Å². The topological polar surface area (TPSA) is 55.4 Å². The molecule has 24 heavy (non-hydrogen) atoms. The number of esters is 1. The average Bonchev–Trinajstić information content (AvgIpc) is 3.01. The van der Waals surface area contributed by atoms with Crippen LogP contribution >= 0.6 is 0 Å². The minimum atomic E-state index is -0.403. The number of unbranched alkanes of at least 4 members (excludes halogenated alkanes) is 12. The van der Waals surface area contributed by atoms with Gasteiger partial charge in [-0.2, -0.15) is 0 Å². The lowest BCUT2D eigenvalue weighted by Crippen LogP contribution is -2.34. The fourth-order valence-corrected chi connectivity index (χ4v) is 3.18. The Morgan fingerprint density at radius 1 is 0.917 bits per heavy atom. The van der Waals surface area contributed by atoms with Gasteiger partial charge in [-0.05, 0) is 12.8 Å². The second kappa shape index (κ2) is 14.3. The van der Waals surface area contributed by atoms with E-state index in [4.69, 9.17) is 4.74 Å². The van der Waals surface area contributed by atoms with Crippen LogP contribution in [-0.2, 0) is 14.3 Å². The summed E-state index contributed by atoms with van der Waals surface area (Å²) >= 11 is 0. The smallest absolute Gasteiger partial charge is 0.328 e. The van der Waals surface area contributed by atoms with Gasteiger partial charge >= 0.3 is 5.97 Å². The van der Waals surface area contributed by atoms with Crippen LogP contribution in [0.25, 0.3) is 0 Å². The van der Waals surface area contributed by atoms with Crippen LogP contribution in [0.1, 0.15) is 103 Å². The molecule has 1 aliphatic rings. The Labute approximate surface area is 148 Å². The van der Waals surface area contributed by atoms with Crippen molar-refractivity contribution in [3.05, 3.63) is 0 Å². The van der Waals surface area contributed by atoms with E-state index in [1.807, 2.05) is 0 Å². The maximum atomic E-state index is 11.7. The molecule has 0 radical (unpaired) electrons. The molecule has 1 amide bonds. The predicted octanol–water partition coefficient (Wildman–Crippen LogP) is 4.90. The first-order valence-corrected chi connectivity index (χ1v) is 10.2. The molecule has 1 saturated heterocycles. The molecule has 1 N–H and O–H groups in total. The Balaban J connectivity index is 1.76. The van der Waals surface area contributed by atoms with Crippen LogP contribution in [0.15, 0.2) is 0 Å². The van der Waals surface area contributed by atoms with Crippen molar-refractivity contribution in [3.8, 4) is 0 Å². The lowest BCUT2D eigenvalue weighted by atomic mass is 10.0. The molecule has 1 aliphatic heterocycles. The van der Waals surface area contributed by atoms with Crippen LogP contribution in [0, 0.1) is 0 Å². The van der Waals surface area contributed by atoms with Crippen molar-refractivity contribution in [3.63, 3.8) is 0 Å². The second-order valence-electron chi connectivity index (χ2n) is 7.07. The zero-order valence-electron chi connectivity index (χ0n) is 15.6. The van der Waals surface area contributed by atoms with Gasteiger partial charge < -0.3 is 10.1 Å². The highest BCUT2D eigenvalue weighted by atomic mass is 16.5. The zero-order chi connectivity index (χ0) is 17.5. The van der Waals surface area contributed by atoms with E-state index in [2.05, 4.69) is 12.2 Å². The molecule has 0 saturated carbocycles. The maximum absolute atomic E-state index is 11.7. The van der Waals surface area contributed by atoms with Crippen molar-refractivity contribution in [1.82, 2.24) is 5.32 Å². The molecule has 140 valence electrons. The van der Waals surface area contributed by atoms with E-state index in [1.54, 1.807) is 0 Å². The van der Waals surface area contributed by atoms with Gasteiger partial charge in [0.25, 0.3) is 0 Å². The highest BCUT2D eigenvalue weighted by Gasteiger charge is 2.28. The SMILES string of the molecule is CCCCCCCCCCCCCCCOC(=O)[C@@H]1CCC(=O)N1. The Hall–Kier alpha value is -1.06. The molecule has 0 unspecified atom stereocenters. The molecule has 0 bridgehead atoms. The van der Waals surface area contributed by atoms with E-state index < -0.39 is 6.04 Å². The summed E-state index contributed by atoms with van der Waals surface area (Å²) in [5, 5.41) is 2.64. The van der Waals surface area contributed by atoms with Gasteiger partial charge in [0.1, 0.15) is 6.04 Å². The standard InChI is InChI=1S/C20H37NO3/c1-2-3-4-5-6-7-8-9-10-11-12-13-14-17-24-20(23)18-15-16-19(22)21-18/h18H,2-17H2,1H3,(H,21,22)/t18-/m0/s1. The van der Waals surface area contributed by atoms with Crippen LogP contribution in [0.2, 0.25) is 0 Å². The zero-order valence-corrected chi connectivity index (χ0v) is 15.6. The second-order valence-corrected chi connectivity index (χ2v) is 7.07. The van der Waals surface area contributed by atoms with Crippen LogP contribution in [0.4, 0.5) is 0 Å². The monoisotopic (exact) mass is 339 g/mol. The molecule has 0 spiro atoms. The number of hydrogen-bond donors (Lipinski definition) is 1. The summed E-state index contributed by atoms with van der Waals surface area (Å²) < 4.78 is 5.22. The summed E-state index contributed by atoms with van der Waals surface area (Å²) in [7, 11) is 0. The fourth-order valence-electron chi connectivity index (χ4n) is 3.18. The van der Waals surface area contributed by atoms with Gasteiger partial charge in [-0.3, -0.25) is 4.79 Å². The maximum Gasteiger partial charge on any atom is 0.328 e. The Kier molecular flexibility index (Phi) is 12.5. The lowest BCUT2D eigenvalue weighted by molar-refractivity contribution is -0.146. The van der Waals surface area contributed by atoms with Crippen molar-refractivity contribution < 1.29 is 14.3 Å². The molecule has 0 aromatic heterocycles. The van der Waals surface area contributed by atoms with Gasteiger partial charge in [-0.25, -0.2) is 4.79 Å². The number of carbonyl (C=O) groups is 2. The molecule has 4 nitrogen and oxygen atoms in total. The summed E-state index contributed by atoms with van der Waals surface area (Å²) in [5.74, 6) is -0.308. The van der Waals surface area contributed by atoms with E-state index in [0.717, 1.165) is 12.8 Å². The number of hydrogen-bond acceptors (Lipinski definition) is 3. The first-order chi connectivity index (χ1) is 11.7. The summed E-state index contributed by atoms with van der Waals surface area (Å²) in [5.41, 5.74) is 0. The normalized spacial score (nSPS) is 17.0. The van der Waals surface area contributed by atoms with E-state index in [-0.39, 0.29) is 11.9 Å². The van der Waals surface area contributed by atoms with Crippen molar-refractivity contribution in [1.29, 1.82) is 0 Å². The first kappa shape index (κ1) is 21.0. The van der Waals surface area contributed by atoms with Gasteiger partial charge in [0.05, 0.1) is 6.61 Å². The molecule has 1 atom stereocenters. The van der Waals surface area contributed by atoms with Crippen molar-refractivity contribution >= 4 is 11.9 Å². The largest absolute Gasteiger partial charge is 0.464 e. The number of nitrogens with one attached hydrogen (secondary N) is 1. The number of rotatable bonds is 15. The van der Waals surface area contributed by atoms with Crippen molar-refractivity contribution in [2.45, 2.75) is 109 Å². The minimum absolute atomic E-state index is 0.0436. The third-order valence-corrected chi connectivity index (χ3v) is 4.77. The molecular weight excluding hydrogens is 302 g/mol. The van der Waals surface area contributed by atoms with Gasteiger partial charge in [0.2, 0.25) is 5.91 Å². The third-order valence-electron chi connectivity index (χ3n) is 4.77. The fraction of sp³-hybridized carbons (Fsp3) is 0.900. The molecule has 4 heteroatoms. The van der Waals surface area contributed by atoms with Gasteiger partial charge in [-0.15, -0.1) is 0 Å². The van der Waals surface area contributed by atoms with E-state index in [0.29, 0.717) is 19.4 Å². The Morgan fingerprint density at radius 2 is 1.42 bits per heavy atom. The van der Waals surface area contributed by atoms with Crippen LogP contribution < -0.4 is 5.32 Å². The molecule has 0 aliphatic carbocycles. The molecule has 1 heterocycles. The molecule has 1 rings (SSSR count). The van der Waals surface area contributed by atoms with Crippen molar-refractivity contribution in [2.24, 2.45) is 0 Å². The Morgan fingerprint density at radius 3 is 1.88 bits per heavy atom. The van der Waals surface area contributed by atoms with Crippen molar-refractivity contribution in [2.75, 3.05) is 6.61 Å². The molecule has 0 aromatic rings. The number of ether oxygens (including phenoxy) is 1. The molecule has 1 fully saturated rings. The average molecular weight is 340 g/mol. The summed E-state index contributed by atoms with van der Waals surface area (Å²) in [6.07, 6.45) is 18.1. The van der Waals surface area contributed by atoms with Gasteiger partial charge in [0, 0.05) is 6.42 Å². The highest BCUT2D eigenvalue weighted by Crippen LogP contribution is 2.13. The third kappa shape index (κ3) is 10.7. The van der Waals surface area contributed by atoms with E-state index >= 15 is 0 Å². The molecule has 0 aromatic carbocycles. The van der Waals surface area contributed by atoms with Gasteiger partial charge in [0.15, 0.2) is 0 Å². The van der Waals surface area contributed by atoms with Gasteiger partial charge in [-0.1, -0.05) is 84.0 Å². The minimum Gasteiger partial charge on any atom is -0.464 e. The van der Waals surface area contributed by atoms with Crippen LogP contribution in [-0.4, -0.2) is 24.5 Å². The lowest BCUT2D eigenvalue weighted by Gasteiger charge is -2.09. The number of carbonyl (C=O) groups excluding carboxylic acids is 2. The quantitative estimate of drug-likeness (QED) is 0.341. The summed E-state index contributed by atoms with van der Waals surface area (Å²) in [6, 6.07) is -0.403. The van der Waals surface area contributed by atoms with E-state index in [9.17, 15) is 9.59 Å². The summed E-state index contributed by atoms with van der Waals surface area (Å²) in [4.78, 5) is 22.7. The summed E-state index contributed by atoms with van der Waals surface area (Å²) in [6.45, 7) is 2.75. The molecular formula is C20H37NO3. The number of amides is 1. The predicted molar refractivity (Wildman–Crippen MR) is 97.8 cm³/mol. The van der Waals surface area contributed by atoms with E-state index in [1.165, 1.54) is 70.6 Å². The highest BCUT2D eigenvalue weighted by molar-refractivity contribution is 5.87. The van der Waals surface area contributed by atoms with Crippen LogP contribution in [0.3, 0.4) is 0 Å².